The summed E-state index contributed by atoms with van der Waals surface area (Å²) in [5.41, 5.74) is 1.26. The van der Waals surface area contributed by atoms with Crippen LogP contribution in [0.15, 0.2) is 47.2 Å². The summed E-state index contributed by atoms with van der Waals surface area (Å²) in [5, 5.41) is 9.71. The average Bonchev–Trinajstić information content (AvgIpc) is 2.48. The molecule has 5 heteroatoms. The number of aromatic nitrogens is 1. The highest BCUT2D eigenvalue weighted by atomic mass is 79.9. The first-order chi connectivity index (χ1) is 9.61. The third kappa shape index (κ3) is 3.24. The maximum Gasteiger partial charge on any atom is 0.187 e. The van der Waals surface area contributed by atoms with Crippen molar-refractivity contribution in [2.75, 3.05) is 7.11 Å². The lowest BCUT2D eigenvalue weighted by atomic mass is 10.1. The molecule has 1 N–H and O–H groups in total. The van der Waals surface area contributed by atoms with Gasteiger partial charge >= 0.3 is 0 Å². The van der Waals surface area contributed by atoms with Gasteiger partial charge < -0.3 is 9.84 Å². The SMILES string of the molecule is COc1cc(/C=C/C(=O)c2cccnc2)cc(Br)c1O. The number of carbonyl (C=O) groups excluding carboxylic acids is 1. The van der Waals surface area contributed by atoms with Crippen LogP contribution in [0.3, 0.4) is 0 Å². The van der Waals surface area contributed by atoms with Crippen molar-refractivity contribution in [1.29, 1.82) is 0 Å². The molecule has 4 nitrogen and oxygen atoms in total. The normalized spacial score (nSPS) is 10.7. The van der Waals surface area contributed by atoms with E-state index in [1.54, 1.807) is 36.5 Å². The second-order valence-electron chi connectivity index (χ2n) is 3.99. The Labute approximate surface area is 124 Å². The van der Waals surface area contributed by atoms with E-state index in [0.29, 0.717) is 15.8 Å². The molecule has 1 heterocycles. The van der Waals surface area contributed by atoms with Gasteiger partial charge in [0, 0.05) is 18.0 Å². The standard InChI is InChI=1S/C15H12BrNO3/c1-20-14-8-10(7-12(16)15(14)19)4-5-13(18)11-3-2-6-17-9-11/h2-9,19H,1H3/b5-4+. The van der Waals surface area contributed by atoms with Crippen molar-refractivity contribution < 1.29 is 14.6 Å². The van der Waals surface area contributed by atoms with Gasteiger partial charge in [0.2, 0.25) is 0 Å². The summed E-state index contributed by atoms with van der Waals surface area (Å²) in [6.07, 6.45) is 6.24. The minimum Gasteiger partial charge on any atom is -0.503 e. The lowest BCUT2D eigenvalue weighted by Crippen LogP contribution is -1.94. The Morgan fingerprint density at radius 3 is 2.90 bits per heavy atom. The number of hydrogen-bond acceptors (Lipinski definition) is 4. The van der Waals surface area contributed by atoms with Crippen LogP contribution in [0, 0.1) is 0 Å². The van der Waals surface area contributed by atoms with Gasteiger partial charge in [-0.2, -0.15) is 0 Å². The molecule has 0 fully saturated rings. The predicted octanol–water partition coefficient (Wildman–Crippen LogP) is 3.45. The second-order valence-corrected chi connectivity index (χ2v) is 4.85. The van der Waals surface area contributed by atoms with Crippen LogP contribution in [0.1, 0.15) is 15.9 Å². The van der Waals surface area contributed by atoms with Gasteiger partial charge in [-0.05, 0) is 51.8 Å². The molecular weight excluding hydrogens is 322 g/mol. The summed E-state index contributed by atoms with van der Waals surface area (Å²) in [7, 11) is 1.47. The number of allylic oxidation sites excluding steroid dienone is 1. The molecule has 20 heavy (non-hydrogen) atoms. The number of ketones is 1. The Balaban J connectivity index is 2.24. The largest absolute Gasteiger partial charge is 0.503 e. The van der Waals surface area contributed by atoms with Crippen molar-refractivity contribution in [1.82, 2.24) is 4.98 Å². The van der Waals surface area contributed by atoms with Crippen LogP contribution >= 0.6 is 15.9 Å². The van der Waals surface area contributed by atoms with E-state index < -0.39 is 0 Å². The zero-order valence-corrected chi connectivity index (χ0v) is 12.3. The van der Waals surface area contributed by atoms with Gasteiger partial charge in [0.15, 0.2) is 17.3 Å². The zero-order chi connectivity index (χ0) is 14.5. The number of methoxy groups -OCH3 is 1. The Kier molecular flexibility index (Phi) is 4.53. The minimum absolute atomic E-state index is 0.0308. The maximum absolute atomic E-state index is 11.9. The first kappa shape index (κ1) is 14.3. The maximum atomic E-state index is 11.9. The van der Waals surface area contributed by atoms with Gasteiger partial charge in [0.1, 0.15) is 0 Å². The van der Waals surface area contributed by atoms with Crippen molar-refractivity contribution in [3.8, 4) is 11.5 Å². The van der Waals surface area contributed by atoms with E-state index in [1.165, 1.54) is 19.4 Å². The highest BCUT2D eigenvalue weighted by Gasteiger charge is 2.07. The van der Waals surface area contributed by atoms with Crippen molar-refractivity contribution >= 4 is 27.8 Å². The fourth-order valence-electron chi connectivity index (χ4n) is 1.62. The van der Waals surface area contributed by atoms with Crippen LogP contribution in [0.25, 0.3) is 6.08 Å². The molecule has 0 aliphatic rings. The first-order valence-corrected chi connectivity index (χ1v) is 6.60. The predicted molar refractivity (Wildman–Crippen MR) is 80.0 cm³/mol. The lowest BCUT2D eigenvalue weighted by Gasteiger charge is -2.06. The number of pyridine rings is 1. The van der Waals surface area contributed by atoms with Gasteiger partial charge in [-0.15, -0.1) is 0 Å². The van der Waals surface area contributed by atoms with E-state index >= 15 is 0 Å². The Morgan fingerprint density at radius 1 is 1.45 bits per heavy atom. The molecule has 0 spiro atoms. The minimum atomic E-state index is -0.138. The van der Waals surface area contributed by atoms with E-state index in [4.69, 9.17) is 4.74 Å². The molecule has 0 aliphatic carbocycles. The van der Waals surface area contributed by atoms with Crippen LogP contribution < -0.4 is 4.74 Å². The van der Waals surface area contributed by atoms with E-state index in [1.807, 2.05) is 0 Å². The van der Waals surface area contributed by atoms with E-state index in [-0.39, 0.29) is 11.5 Å². The number of halogens is 1. The third-order valence-corrected chi connectivity index (χ3v) is 3.25. The van der Waals surface area contributed by atoms with Crippen LogP contribution in [0.2, 0.25) is 0 Å². The van der Waals surface area contributed by atoms with Gasteiger partial charge in [0.05, 0.1) is 11.6 Å². The summed E-state index contributed by atoms with van der Waals surface area (Å²) in [6, 6.07) is 6.76. The smallest absolute Gasteiger partial charge is 0.187 e. The molecule has 102 valence electrons. The highest BCUT2D eigenvalue weighted by molar-refractivity contribution is 9.10. The zero-order valence-electron chi connectivity index (χ0n) is 10.7. The fourth-order valence-corrected chi connectivity index (χ4v) is 2.08. The Bertz CT molecular complexity index is 654. The number of phenolic OH excluding ortho intramolecular Hbond substituents is 1. The highest BCUT2D eigenvalue weighted by Crippen LogP contribution is 2.35. The fraction of sp³-hybridized carbons (Fsp3) is 0.0667. The summed E-state index contributed by atoms with van der Waals surface area (Å²) in [4.78, 5) is 15.8. The number of hydrogen-bond donors (Lipinski definition) is 1. The number of rotatable bonds is 4. The number of nitrogens with zero attached hydrogens (tertiary/aromatic N) is 1. The van der Waals surface area contributed by atoms with E-state index in [9.17, 15) is 9.90 Å². The van der Waals surface area contributed by atoms with Crippen LogP contribution in [0.5, 0.6) is 11.5 Å². The molecular formula is C15H12BrNO3. The molecule has 0 saturated heterocycles. The summed E-state index contributed by atoms with van der Waals surface area (Å²) in [6.45, 7) is 0. The van der Waals surface area contributed by atoms with E-state index in [0.717, 1.165) is 5.56 Å². The van der Waals surface area contributed by atoms with Crippen LogP contribution in [0.4, 0.5) is 0 Å². The van der Waals surface area contributed by atoms with Crippen molar-refractivity contribution in [3.05, 3.63) is 58.3 Å². The Morgan fingerprint density at radius 2 is 2.25 bits per heavy atom. The third-order valence-electron chi connectivity index (χ3n) is 2.64. The molecule has 1 aromatic heterocycles. The van der Waals surface area contributed by atoms with Gasteiger partial charge in [0.25, 0.3) is 0 Å². The topological polar surface area (TPSA) is 59.4 Å². The first-order valence-electron chi connectivity index (χ1n) is 5.80. The molecule has 0 atom stereocenters. The van der Waals surface area contributed by atoms with Gasteiger partial charge in [-0.25, -0.2) is 0 Å². The monoisotopic (exact) mass is 333 g/mol. The van der Waals surface area contributed by atoms with Crippen LogP contribution in [-0.2, 0) is 0 Å². The quantitative estimate of drug-likeness (QED) is 0.687. The van der Waals surface area contributed by atoms with Crippen molar-refractivity contribution in [2.45, 2.75) is 0 Å². The average molecular weight is 334 g/mol. The van der Waals surface area contributed by atoms with Crippen molar-refractivity contribution in [2.24, 2.45) is 0 Å². The molecule has 0 aliphatic heterocycles. The molecule has 2 aromatic rings. The number of aromatic hydroxyl groups is 1. The second kappa shape index (κ2) is 6.34. The molecule has 2 rings (SSSR count). The number of benzene rings is 1. The van der Waals surface area contributed by atoms with Crippen molar-refractivity contribution in [3.63, 3.8) is 0 Å². The number of ether oxygens (including phenoxy) is 1. The number of phenols is 1. The molecule has 1 aromatic carbocycles. The van der Waals surface area contributed by atoms with Gasteiger partial charge in [-0.3, -0.25) is 9.78 Å². The molecule has 0 bridgehead atoms. The van der Waals surface area contributed by atoms with E-state index in [2.05, 4.69) is 20.9 Å². The Hall–Kier alpha value is -2.14. The molecule has 0 saturated carbocycles. The molecule has 0 amide bonds. The summed E-state index contributed by atoms with van der Waals surface area (Å²) in [5.74, 6) is 0.234. The van der Waals surface area contributed by atoms with Gasteiger partial charge in [-0.1, -0.05) is 6.08 Å². The lowest BCUT2D eigenvalue weighted by molar-refractivity contribution is 0.104. The van der Waals surface area contributed by atoms with Crippen LogP contribution in [-0.4, -0.2) is 23.0 Å². The summed E-state index contributed by atoms with van der Waals surface area (Å²) < 4.78 is 5.55. The summed E-state index contributed by atoms with van der Waals surface area (Å²) >= 11 is 3.23. The number of carbonyl (C=O) groups is 1. The molecule has 0 radical (unpaired) electrons. The molecule has 0 unspecified atom stereocenters.